The molecule has 0 amide bonds. The molecule has 19 heavy (non-hydrogen) atoms. The van der Waals surface area contributed by atoms with E-state index >= 15 is 0 Å². The Morgan fingerprint density at radius 2 is 1.21 bits per heavy atom. The van der Waals surface area contributed by atoms with E-state index in [1.807, 2.05) is 0 Å². The molecule has 0 aromatic carbocycles. The quantitative estimate of drug-likeness (QED) is 0.488. The lowest BCUT2D eigenvalue weighted by Gasteiger charge is -2.15. The lowest BCUT2D eigenvalue weighted by molar-refractivity contribution is -0.0201. The van der Waals surface area contributed by atoms with Gasteiger partial charge < -0.3 is 24.1 Å². The summed E-state index contributed by atoms with van der Waals surface area (Å²) in [5, 5.41) is 8.48. The smallest absolute Gasteiger partial charge is 0.0704 e. The Hall–Kier alpha value is -0.200. The number of aliphatic hydroxyl groups is 1. The second kappa shape index (κ2) is 14.2. The summed E-state index contributed by atoms with van der Waals surface area (Å²) >= 11 is 0. The zero-order chi connectivity index (χ0) is 14.3. The van der Waals surface area contributed by atoms with Crippen LogP contribution in [0, 0.1) is 5.92 Å². The summed E-state index contributed by atoms with van der Waals surface area (Å²) in [6.07, 6.45) is 1.38. The maximum Gasteiger partial charge on any atom is 0.0704 e. The van der Waals surface area contributed by atoms with Crippen molar-refractivity contribution in [3.63, 3.8) is 0 Å². The molecule has 0 radical (unpaired) electrons. The summed E-state index contributed by atoms with van der Waals surface area (Å²) in [5.74, 6) is 0.664. The van der Waals surface area contributed by atoms with Gasteiger partial charge in [-0.15, -0.1) is 0 Å². The van der Waals surface area contributed by atoms with Crippen molar-refractivity contribution in [2.75, 3.05) is 52.9 Å². The second-order valence-electron chi connectivity index (χ2n) is 4.87. The zero-order valence-corrected chi connectivity index (χ0v) is 12.6. The molecule has 0 fully saturated rings. The third-order valence-corrected chi connectivity index (χ3v) is 2.41. The summed E-state index contributed by atoms with van der Waals surface area (Å²) in [6.45, 7) is 10.3. The van der Waals surface area contributed by atoms with Gasteiger partial charge in [0.15, 0.2) is 0 Å². The highest BCUT2D eigenvalue weighted by Crippen LogP contribution is 2.06. The molecular formula is C14H30O5. The van der Waals surface area contributed by atoms with Crippen molar-refractivity contribution in [3.05, 3.63) is 0 Å². The molecule has 0 saturated carbocycles. The van der Waals surface area contributed by atoms with Gasteiger partial charge in [0.1, 0.15) is 0 Å². The number of hydrogen-bond donors (Lipinski definition) is 1. The lowest BCUT2D eigenvalue weighted by Crippen LogP contribution is -2.16. The lowest BCUT2D eigenvalue weighted by atomic mass is 10.1. The standard InChI is InChI=1S/C14H30O5/c1-13(2)12-14(3)19-11-10-18-9-8-17-7-6-16-5-4-15/h13-15H,4-12H2,1-3H3. The first-order valence-electron chi connectivity index (χ1n) is 7.12. The van der Waals surface area contributed by atoms with Crippen molar-refractivity contribution < 1.29 is 24.1 Å². The largest absolute Gasteiger partial charge is 0.394 e. The molecule has 0 aromatic heterocycles. The van der Waals surface area contributed by atoms with Crippen LogP contribution in [0.15, 0.2) is 0 Å². The average molecular weight is 278 g/mol. The van der Waals surface area contributed by atoms with E-state index in [4.69, 9.17) is 24.1 Å². The van der Waals surface area contributed by atoms with Gasteiger partial charge in [-0.05, 0) is 19.3 Å². The fraction of sp³-hybridized carbons (Fsp3) is 1.00. The molecule has 5 nitrogen and oxygen atoms in total. The van der Waals surface area contributed by atoms with Gasteiger partial charge in [0.05, 0.1) is 59.0 Å². The van der Waals surface area contributed by atoms with Crippen LogP contribution in [-0.4, -0.2) is 64.1 Å². The van der Waals surface area contributed by atoms with Gasteiger partial charge in [-0.3, -0.25) is 0 Å². The van der Waals surface area contributed by atoms with E-state index in [1.54, 1.807) is 0 Å². The fourth-order valence-electron chi connectivity index (χ4n) is 1.65. The molecule has 0 spiro atoms. The van der Waals surface area contributed by atoms with E-state index in [-0.39, 0.29) is 6.61 Å². The van der Waals surface area contributed by atoms with Gasteiger partial charge in [0.25, 0.3) is 0 Å². The van der Waals surface area contributed by atoms with E-state index in [1.165, 1.54) is 0 Å². The third-order valence-electron chi connectivity index (χ3n) is 2.41. The fourth-order valence-corrected chi connectivity index (χ4v) is 1.65. The molecule has 1 N–H and O–H groups in total. The number of ether oxygens (including phenoxy) is 4. The molecule has 0 aromatic rings. The van der Waals surface area contributed by atoms with Crippen LogP contribution in [-0.2, 0) is 18.9 Å². The van der Waals surface area contributed by atoms with Crippen molar-refractivity contribution in [3.8, 4) is 0 Å². The van der Waals surface area contributed by atoms with Crippen LogP contribution >= 0.6 is 0 Å². The summed E-state index contributed by atoms with van der Waals surface area (Å²) in [5.41, 5.74) is 0. The number of aliphatic hydroxyl groups excluding tert-OH is 1. The van der Waals surface area contributed by atoms with E-state index in [2.05, 4.69) is 20.8 Å². The highest BCUT2D eigenvalue weighted by atomic mass is 16.6. The molecule has 0 aliphatic heterocycles. The highest BCUT2D eigenvalue weighted by Gasteiger charge is 2.04. The van der Waals surface area contributed by atoms with Gasteiger partial charge >= 0.3 is 0 Å². The number of rotatable bonds is 14. The topological polar surface area (TPSA) is 57.2 Å². The average Bonchev–Trinajstić information content (AvgIpc) is 2.35. The predicted molar refractivity (Wildman–Crippen MR) is 74.4 cm³/mol. The Morgan fingerprint density at radius 1 is 0.737 bits per heavy atom. The van der Waals surface area contributed by atoms with E-state index in [0.29, 0.717) is 58.3 Å². The first-order valence-corrected chi connectivity index (χ1v) is 7.12. The summed E-state index contributed by atoms with van der Waals surface area (Å²) in [4.78, 5) is 0. The summed E-state index contributed by atoms with van der Waals surface area (Å²) < 4.78 is 21.3. The monoisotopic (exact) mass is 278 g/mol. The molecule has 0 rings (SSSR count). The minimum atomic E-state index is 0.0539. The SMILES string of the molecule is CC(C)CC(C)OCCOCCOCCOCCO. The van der Waals surface area contributed by atoms with Crippen LogP contribution in [0.1, 0.15) is 27.2 Å². The normalized spacial score (nSPS) is 13.1. The first kappa shape index (κ1) is 18.8. The maximum atomic E-state index is 8.48. The minimum Gasteiger partial charge on any atom is -0.394 e. The summed E-state index contributed by atoms with van der Waals surface area (Å²) in [6, 6.07) is 0. The Morgan fingerprint density at radius 3 is 1.68 bits per heavy atom. The third kappa shape index (κ3) is 15.7. The van der Waals surface area contributed by atoms with Crippen molar-refractivity contribution >= 4 is 0 Å². The van der Waals surface area contributed by atoms with Crippen molar-refractivity contribution in [1.29, 1.82) is 0 Å². The molecule has 1 unspecified atom stereocenters. The van der Waals surface area contributed by atoms with Crippen molar-refractivity contribution in [1.82, 2.24) is 0 Å². The van der Waals surface area contributed by atoms with Crippen LogP contribution in [0.5, 0.6) is 0 Å². The van der Waals surface area contributed by atoms with Crippen LogP contribution in [0.2, 0.25) is 0 Å². The van der Waals surface area contributed by atoms with Gasteiger partial charge in [-0.1, -0.05) is 13.8 Å². The Bertz CT molecular complexity index is 175. The van der Waals surface area contributed by atoms with Gasteiger partial charge in [-0.2, -0.15) is 0 Å². The molecule has 0 saturated heterocycles. The van der Waals surface area contributed by atoms with Gasteiger partial charge in [-0.25, -0.2) is 0 Å². The first-order chi connectivity index (χ1) is 9.16. The van der Waals surface area contributed by atoms with E-state index in [0.717, 1.165) is 6.42 Å². The highest BCUT2D eigenvalue weighted by molar-refractivity contribution is 4.53. The van der Waals surface area contributed by atoms with Crippen LogP contribution < -0.4 is 0 Å². The molecule has 0 aliphatic carbocycles. The minimum absolute atomic E-state index is 0.0539. The van der Waals surface area contributed by atoms with Crippen LogP contribution in [0.25, 0.3) is 0 Å². The van der Waals surface area contributed by atoms with Gasteiger partial charge in [0.2, 0.25) is 0 Å². The van der Waals surface area contributed by atoms with Crippen LogP contribution in [0.3, 0.4) is 0 Å². The summed E-state index contributed by atoms with van der Waals surface area (Å²) in [7, 11) is 0. The number of hydrogen-bond acceptors (Lipinski definition) is 5. The van der Waals surface area contributed by atoms with Crippen molar-refractivity contribution in [2.24, 2.45) is 5.92 Å². The molecule has 5 heteroatoms. The Labute approximate surface area is 117 Å². The maximum absolute atomic E-state index is 8.48. The molecule has 0 aliphatic rings. The van der Waals surface area contributed by atoms with Gasteiger partial charge in [0, 0.05) is 0 Å². The molecule has 116 valence electrons. The molecule has 0 heterocycles. The molecule has 1 atom stereocenters. The zero-order valence-electron chi connectivity index (χ0n) is 12.6. The predicted octanol–water partition coefficient (Wildman–Crippen LogP) is 1.48. The van der Waals surface area contributed by atoms with Crippen LogP contribution in [0.4, 0.5) is 0 Å². The van der Waals surface area contributed by atoms with E-state index in [9.17, 15) is 0 Å². The molecular weight excluding hydrogens is 248 g/mol. The Kier molecular flexibility index (Phi) is 14.1. The molecule has 0 bridgehead atoms. The second-order valence-corrected chi connectivity index (χ2v) is 4.87. The van der Waals surface area contributed by atoms with E-state index < -0.39 is 0 Å². The van der Waals surface area contributed by atoms with Crippen molar-refractivity contribution in [2.45, 2.75) is 33.3 Å². The Balaban J connectivity index is 3.06.